The maximum absolute atomic E-state index is 6.20. The van der Waals surface area contributed by atoms with Crippen LogP contribution in [0.3, 0.4) is 0 Å². The summed E-state index contributed by atoms with van der Waals surface area (Å²) in [6.45, 7) is 7.91. The third-order valence-electron chi connectivity index (χ3n) is 5.51. The molecule has 4 atom stereocenters. The van der Waals surface area contributed by atoms with Crippen molar-refractivity contribution in [3.63, 3.8) is 0 Å². The number of hydrogen-bond acceptors (Lipinski definition) is 4. The minimum Gasteiger partial charge on any atom is -0.372 e. The van der Waals surface area contributed by atoms with Gasteiger partial charge < -0.3 is 10.1 Å². The lowest BCUT2D eigenvalue weighted by Crippen LogP contribution is -2.40. The van der Waals surface area contributed by atoms with Gasteiger partial charge in [-0.05, 0) is 52.2 Å². The summed E-state index contributed by atoms with van der Waals surface area (Å²) in [5, 5.41) is 3.41. The van der Waals surface area contributed by atoms with Crippen LogP contribution in [0.2, 0.25) is 0 Å². The second-order valence-corrected chi connectivity index (χ2v) is 6.86. The SMILES string of the molecule is CCNCC1CCC(CN2CCC3CCC(C2)N3C)O1. The van der Waals surface area contributed by atoms with Crippen LogP contribution in [0.15, 0.2) is 0 Å². The van der Waals surface area contributed by atoms with Crippen molar-refractivity contribution >= 4 is 0 Å². The van der Waals surface area contributed by atoms with E-state index >= 15 is 0 Å². The number of likely N-dealkylation sites (N-methyl/N-ethyl adjacent to an activating group) is 2. The van der Waals surface area contributed by atoms with Crippen LogP contribution in [-0.4, -0.2) is 73.9 Å². The van der Waals surface area contributed by atoms with Crippen LogP contribution >= 0.6 is 0 Å². The standard InChI is InChI=1S/C16H31N3O/c1-3-17-10-15-6-7-16(20-15)12-19-9-8-13-4-5-14(11-19)18(13)2/h13-17H,3-12H2,1-2H3. The summed E-state index contributed by atoms with van der Waals surface area (Å²) in [7, 11) is 2.32. The molecule has 3 saturated heterocycles. The zero-order valence-electron chi connectivity index (χ0n) is 13.2. The molecule has 3 rings (SSSR count). The first-order chi connectivity index (χ1) is 9.76. The van der Waals surface area contributed by atoms with Crippen LogP contribution in [0.25, 0.3) is 0 Å². The molecule has 0 aromatic carbocycles. The van der Waals surface area contributed by atoms with Crippen molar-refractivity contribution in [2.75, 3.05) is 39.8 Å². The number of hydrogen-bond donors (Lipinski definition) is 1. The number of nitrogens with one attached hydrogen (secondary N) is 1. The number of ether oxygens (including phenoxy) is 1. The van der Waals surface area contributed by atoms with Gasteiger partial charge in [-0.15, -0.1) is 0 Å². The maximum atomic E-state index is 6.20. The van der Waals surface area contributed by atoms with Crippen LogP contribution in [0, 0.1) is 0 Å². The van der Waals surface area contributed by atoms with Gasteiger partial charge >= 0.3 is 0 Å². The molecule has 0 radical (unpaired) electrons. The van der Waals surface area contributed by atoms with E-state index < -0.39 is 0 Å². The van der Waals surface area contributed by atoms with E-state index in [-0.39, 0.29) is 0 Å². The predicted octanol–water partition coefficient (Wildman–Crippen LogP) is 1.31. The highest BCUT2D eigenvalue weighted by Gasteiger charge is 2.36. The first-order valence-corrected chi connectivity index (χ1v) is 8.56. The van der Waals surface area contributed by atoms with Crippen molar-refractivity contribution < 1.29 is 4.74 Å². The number of fused-ring (bicyclic) bond motifs is 2. The van der Waals surface area contributed by atoms with Gasteiger partial charge in [-0.1, -0.05) is 6.92 Å². The molecule has 0 spiro atoms. The van der Waals surface area contributed by atoms with Gasteiger partial charge in [0.25, 0.3) is 0 Å². The van der Waals surface area contributed by atoms with Gasteiger partial charge in [0.15, 0.2) is 0 Å². The third kappa shape index (κ3) is 3.35. The number of nitrogens with zero attached hydrogens (tertiary/aromatic N) is 2. The normalized spacial score (nSPS) is 39.3. The Morgan fingerprint density at radius 3 is 2.70 bits per heavy atom. The van der Waals surface area contributed by atoms with E-state index in [1.54, 1.807) is 0 Å². The van der Waals surface area contributed by atoms with E-state index in [1.165, 1.54) is 45.2 Å². The molecule has 3 fully saturated rings. The van der Waals surface area contributed by atoms with E-state index in [2.05, 4.69) is 29.1 Å². The zero-order chi connectivity index (χ0) is 13.9. The van der Waals surface area contributed by atoms with E-state index in [1.807, 2.05) is 0 Å². The third-order valence-corrected chi connectivity index (χ3v) is 5.51. The molecule has 4 heteroatoms. The summed E-state index contributed by atoms with van der Waals surface area (Å²) in [5.41, 5.74) is 0. The lowest BCUT2D eigenvalue weighted by atomic mass is 10.1. The highest BCUT2D eigenvalue weighted by Crippen LogP contribution is 2.29. The van der Waals surface area contributed by atoms with Crippen molar-refractivity contribution in [3.05, 3.63) is 0 Å². The molecule has 4 nitrogen and oxygen atoms in total. The molecule has 0 aliphatic carbocycles. The van der Waals surface area contributed by atoms with Crippen molar-refractivity contribution in [1.29, 1.82) is 0 Å². The second kappa shape index (κ2) is 6.73. The van der Waals surface area contributed by atoms with Crippen LogP contribution in [0.1, 0.15) is 39.0 Å². The molecule has 3 aliphatic heterocycles. The van der Waals surface area contributed by atoms with Gasteiger partial charge in [0, 0.05) is 31.7 Å². The number of likely N-dealkylation sites (tertiary alicyclic amines) is 1. The van der Waals surface area contributed by atoms with Gasteiger partial charge in [-0.25, -0.2) is 0 Å². The molecular formula is C16H31N3O. The molecule has 1 N–H and O–H groups in total. The molecule has 20 heavy (non-hydrogen) atoms. The average Bonchev–Trinajstić information content (AvgIpc) is 2.96. The van der Waals surface area contributed by atoms with E-state index in [0.29, 0.717) is 12.2 Å². The Hall–Kier alpha value is -0.160. The Bertz CT molecular complexity index is 312. The molecule has 3 heterocycles. The molecule has 116 valence electrons. The lowest BCUT2D eigenvalue weighted by Gasteiger charge is -2.27. The Labute approximate surface area is 123 Å². The minimum atomic E-state index is 0.450. The van der Waals surface area contributed by atoms with Gasteiger partial charge in [-0.3, -0.25) is 9.80 Å². The Morgan fingerprint density at radius 2 is 1.85 bits per heavy atom. The van der Waals surface area contributed by atoms with Crippen LogP contribution in [-0.2, 0) is 4.74 Å². The van der Waals surface area contributed by atoms with Gasteiger partial charge in [0.2, 0.25) is 0 Å². The fourth-order valence-corrected chi connectivity index (χ4v) is 4.20. The fraction of sp³-hybridized carbons (Fsp3) is 1.00. The average molecular weight is 281 g/mol. The predicted molar refractivity (Wildman–Crippen MR) is 82.1 cm³/mol. The minimum absolute atomic E-state index is 0.450. The maximum Gasteiger partial charge on any atom is 0.0707 e. The number of rotatable bonds is 5. The van der Waals surface area contributed by atoms with Crippen molar-refractivity contribution in [3.8, 4) is 0 Å². The largest absolute Gasteiger partial charge is 0.372 e. The molecule has 2 bridgehead atoms. The molecule has 0 aromatic heterocycles. The lowest BCUT2D eigenvalue weighted by molar-refractivity contribution is 0.0221. The molecular weight excluding hydrogens is 250 g/mol. The molecule has 0 aromatic rings. The quantitative estimate of drug-likeness (QED) is 0.822. The second-order valence-electron chi connectivity index (χ2n) is 6.86. The molecule has 4 unspecified atom stereocenters. The monoisotopic (exact) mass is 281 g/mol. The highest BCUT2D eigenvalue weighted by molar-refractivity contribution is 4.92. The summed E-state index contributed by atoms with van der Waals surface area (Å²) < 4.78 is 6.20. The van der Waals surface area contributed by atoms with E-state index in [4.69, 9.17) is 4.74 Å². The summed E-state index contributed by atoms with van der Waals surface area (Å²) in [6, 6.07) is 1.64. The van der Waals surface area contributed by atoms with Gasteiger partial charge in [0.1, 0.15) is 0 Å². The van der Waals surface area contributed by atoms with E-state index in [0.717, 1.165) is 31.7 Å². The molecule has 0 saturated carbocycles. The van der Waals surface area contributed by atoms with Crippen LogP contribution in [0.4, 0.5) is 0 Å². The zero-order valence-corrected chi connectivity index (χ0v) is 13.2. The van der Waals surface area contributed by atoms with Crippen molar-refractivity contribution in [2.24, 2.45) is 0 Å². The first kappa shape index (κ1) is 14.8. The van der Waals surface area contributed by atoms with Crippen molar-refractivity contribution in [1.82, 2.24) is 15.1 Å². The Kier molecular flexibility index (Phi) is 4.97. The summed E-state index contributed by atoms with van der Waals surface area (Å²) >= 11 is 0. The van der Waals surface area contributed by atoms with Crippen LogP contribution < -0.4 is 5.32 Å². The summed E-state index contributed by atoms with van der Waals surface area (Å²) in [6.07, 6.45) is 7.56. The van der Waals surface area contributed by atoms with Crippen molar-refractivity contribution in [2.45, 2.75) is 63.3 Å². The molecule has 0 amide bonds. The molecule has 3 aliphatic rings. The topological polar surface area (TPSA) is 27.7 Å². The highest BCUT2D eigenvalue weighted by atomic mass is 16.5. The smallest absolute Gasteiger partial charge is 0.0707 e. The summed E-state index contributed by atoms with van der Waals surface area (Å²) in [4.78, 5) is 5.30. The Morgan fingerprint density at radius 1 is 1.05 bits per heavy atom. The van der Waals surface area contributed by atoms with Gasteiger partial charge in [0.05, 0.1) is 12.2 Å². The first-order valence-electron chi connectivity index (χ1n) is 8.56. The van der Waals surface area contributed by atoms with Crippen LogP contribution in [0.5, 0.6) is 0 Å². The summed E-state index contributed by atoms with van der Waals surface area (Å²) in [5.74, 6) is 0. The fourth-order valence-electron chi connectivity index (χ4n) is 4.20. The Balaban J connectivity index is 1.45. The van der Waals surface area contributed by atoms with E-state index in [9.17, 15) is 0 Å². The van der Waals surface area contributed by atoms with Gasteiger partial charge in [-0.2, -0.15) is 0 Å².